The zero-order valence-electron chi connectivity index (χ0n) is 13.7. The molecule has 5 heteroatoms. The lowest BCUT2D eigenvalue weighted by Crippen LogP contribution is -2.35. The van der Waals surface area contributed by atoms with E-state index in [2.05, 4.69) is 25.9 Å². The van der Waals surface area contributed by atoms with E-state index in [1.807, 2.05) is 11.8 Å². The second-order valence-corrected chi connectivity index (χ2v) is 7.24. The Balaban J connectivity index is 1.96. The second-order valence-electron chi connectivity index (χ2n) is 7.24. The molecule has 2 N–H and O–H groups in total. The van der Waals surface area contributed by atoms with Crippen LogP contribution in [-0.4, -0.2) is 33.7 Å². The lowest BCUT2D eigenvalue weighted by atomic mass is 9.77. The van der Waals surface area contributed by atoms with Crippen molar-refractivity contribution in [2.75, 3.05) is 18.8 Å². The minimum Gasteiger partial charge on any atom is -0.384 e. The van der Waals surface area contributed by atoms with Crippen molar-refractivity contribution in [3.63, 3.8) is 0 Å². The second kappa shape index (κ2) is 6.08. The molecule has 2 heterocycles. The van der Waals surface area contributed by atoms with Gasteiger partial charge in [-0.1, -0.05) is 20.8 Å². The average Bonchev–Trinajstić information content (AvgIpc) is 2.60. The number of carbonyl (C=O) groups excluding carboxylic acids is 1. The monoisotopic (exact) mass is 292 g/mol. The molecule has 1 amide bonds. The number of carbonyl (C=O) groups is 1. The smallest absolute Gasteiger partial charge is 0.244 e. The van der Waals surface area contributed by atoms with Gasteiger partial charge in [0, 0.05) is 19.2 Å². The predicted molar refractivity (Wildman–Crippen MR) is 84.8 cm³/mol. The standard InChI is InChI=1S/C16H28N4O/c1-12-10-14(17)20(18-12)11-15(21)19-8-5-6-13(7-9-19)16(2,3)4/h10,13H,5-9,11,17H2,1-4H3/t13-/m0/s1. The van der Waals surface area contributed by atoms with Gasteiger partial charge in [-0.25, -0.2) is 4.68 Å². The number of nitrogens with two attached hydrogens (primary N) is 1. The third kappa shape index (κ3) is 3.99. The SMILES string of the molecule is Cc1cc(N)n(CC(=O)N2CCC[C@H](C(C)(C)C)CC2)n1. The number of rotatable bonds is 2. The van der Waals surface area contributed by atoms with Gasteiger partial charge in [-0.15, -0.1) is 0 Å². The van der Waals surface area contributed by atoms with Gasteiger partial charge in [-0.2, -0.15) is 5.10 Å². The quantitative estimate of drug-likeness (QED) is 0.910. The highest BCUT2D eigenvalue weighted by Crippen LogP contribution is 2.34. The molecule has 0 saturated carbocycles. The van der Waals surface area contributed by atoms with E-state index in [9.17, 15) is 4.79 Å². The Morgan fingerprint density at radius 1 is 1.38 bits per heavy atom. The molecule has 1 aromatic heterocycles. The van der Waals surface area contributed by atoms with Crippen LogP contribution in [0.2, 0.25) is 0 Å². The third-order valence-corrected chi connectivity index (χ3v) is 4.52. The highest BCUT2D eigenvalue weighted by atomic mass is 16.2. The minimum absolute atomic E-state index is 0.124. The molecule has 0 radical (unpaired) electrons. The number of amides is 1. The van der Waals surface area contributed by atoms with Gasteiger partial charge >= 0.3 is 0 Å². The van der Waals surface area contributed by atoms with Crippen molar-refractivity contribution in [1.29, 1.82) is 0 Å². The van der Waals surface area contributed by atoms with Crippen molar-refractivity contribution in [2.24, 2.45) is 11.3 Å². The van der Waals surface area contributed by atoms with Crippen molar-refractivity contribution in [1.82, 2.24) is 14.7 Å². The van der Waals surface area contributed by atoms with Crippen LogP contribution in [0, 0.1) is 18.3 Å². The maximum atomic E-state index is 12.4. The van der Waals surface area contributed by atoms with Gasteiger partial charge in [0.05, 0.1) is 5.69 Å². The van der Waals surface area contributed by atoms with Gasteiger partial charge in [-0.05, 0) is 37.5 Å². The summed E-state index contributed by atoms with van der Waals surface area (Å²) in [6.07, 6.45) is 3.38. The molecule has 5 nitrogen and oxygen atoms in total. The van der Waals surface area contributed by atoms with Crippen molar-refractivity contribution in [2.45, 2.75) is 53.5 Å². The number of aryl methyl sites for hydroxylation is 1. The maximum absolute atomic E-state index is 12.4. The first kappa shape index (κ1) is 15.9. The van der Waals surface area contributed by atoms with Crippen molar-refractivity contribution < 1.29 is 4.79 Å². The van der Waals surface area contributed by atoms with Crippen LogP contribution in [-0.2, 0) is 11.3 Å². The fourth-order valence-electron chi connectivity index (χ4n) is 3.13. The highest BCUT2D eigenvalue weighted by molar-refractivity contribution is 5.76. The number of likely N-dealkylation sites (tertiary alicyclic amines) is 1. The van der Waals surface area contributed by atoms with E-state index >= 15 is 0 Å². The molecule has 0 unspecified atom stereocenters. The number of hydrogen-bond donors (Lipinski definition) is 1. The number of nitrogen functional groups attached to an aromatic ring is 1. The summed E-state index contributed by atoms with van der Waals surface area (Å²) in [5, 5.41) is 4.27. The molecular formula is C16H28N4O. The van der Waals surface area contributed by atoms with Gasteiger partial charge in [0.1, 0.15) is 12.4 Å². The molecule has 1 fully saturated rings. The summed E-state index contributed by atoms with van der Waals surface area (Å²) < 4.78 is 1.60. The van der Waals surface area contributed by atoms with Crippen molar-refractivity contribution in [3.8, 4) is 0 Å². The zero-order chi connectivity index (χ0) is 15.6. The number of hydrogen-bond acceptors (Lipinski definition) is 3. The summed E-state index contributed by atoms with van der Waals surface area (Å²) in [6, 6.07) is 1.80. The molecule has 1 aliphatic rings. The summed E-state index contributed by atoms with van der Waals surface area (Å²) in [7, 11) is 0. The van der Waals surface area contributed by atoms with E-state index in [0.717, 1.165) is 31.6 Å². The lowest BCUT2D eigenvalue weighted by Gasteiger charge is -2.29. The molecule has 1 saturated heterocycles. The Labute approximate surface area is 127 Å². The predicted octanol–water partition coefficient (Wildman–Crippen LogP) is 2.45. The molecule has 1 atom stereocenters. The normalized spacial score (nSPS) is 20.4. The Morgan fingerprint density at radius 2 is 2.10 bits per heavy atom. The van der Waals surface area contributed by atoms with Crippen LogP contribution in [0.15, 0.2) is 6.07 Å². The lowest BCUT2D eigenvalue weighted by molar-refractivity contribution is -0.132. The molecule has 0 aromatic carbocycles. The molecule has 1 aliphatic heterocycles. The molecule has 0 spiro atoms. The molecular weight excluding hydrogens is 264 g/mol. The summed E-state index contributed by atoms with van der Waals surface area (Å²) >= 11 is 0. The van der Waals surface area contributed by atoms with E-state index < -0.39 is 0 Å². The Kier molecular flexibility index (Phi) is 4.59. The zero-order valence-corrected chi connectivity index (χ0v) is 13.7. The summed E-state index contributed by atoms with van der Waals surface area (Å²) in [5.41, 5.74) is 7.03. The highest BCUT2D eigenvalue weighted by Gasteiger charge is 2.28. The Morgan fingerprint density at radius 3 is 2.67 bits per heavy atom. The third-order valence-electron chi connectivity index (χ3n) is 4.52. The molecule has 21 heavy (non-hydrogen) atoms. The van der Waals surface area contributed by atoms with E-state index in [0.29, 0.717) is 17.2 Å². The first-order chi connectivity index (χ1) is 9.77. The van der Waals surface area contributed by atoms with E-state index in [-0.39, 0.29) is 12.5 Å². The molecule has 118 valence electrons. The Hall–Kier alpha value is -1.52. The van der Waals surface area contributed by atoms with Crippen LogP contribution < -0.4 is 5.73 Å². The van der Waals surface area contributed by atoms with Crippen LogP contribution >= 0.6 is 0 Å². The Bertz CT molecular complexity index is 501. The number of anilines is 1. The van der Waals surface area contributed by atoms with Gasteiger partial charge < -0.3 is 10.6 Å². The van der Waals surface area contributed by atoms with Crippen molar-refractivity contribution >= 4 is 11.7 Å². The van der Waals surface area contributed by atoms with Gasteiger partial charge in [-0.3, -0.25) is 4.79 Å². The van der Waals surface area contributed by atoms with Gasteiger partial charge in [0.2, 0.25) is 5.91 Å². The first-order valence-electron chi connectivity index (χ1n) is 7.85. The van der Waals surface area contributed by atoms with Crippen LogP contribution in [0.25, 0.3) is 0 Å². The van der Waals surface area contributed by atoms with Gasteiger partial charge in [0.15, 0.2) is 0 Å². The summed E-state index contributed by atoms with van der Waals surface area (Å²) in [5.74, 6) is 1.37. The van der Waals surface area contributed by atoms with Crippen molar-refractivity contribution in [3.05, 3.63) is 11.8 Å². The molecule has 2 rings (SSSR count). The van der Waals surface area contributed by atoms with E-state index in [1.165, 1.54) is 6.42 Å². The maximum Gasteiger partial charge on any atom is 0.244 e. The average molecular weight is 292 g/mol. The minimum atomic E-state index is 0.124. The molecule has 1 aromatic rings. The number of aromatic nitrogens is 2. The van der Waals surface area contributed by atoms with Crippen LogP contribution in [0.1, 0.15) is 45.7 Å². The summed E-state index contributed by atoms with van der Waals surface area (Å²) in [4.78, 5) is 14.4. The van der Waals surface area contributed by atoms with E-state index in [4.69, 9.17) is 5.73 Å². The largest absolute Gasteiger partial charge is 0.384 e. The molecule has 0 aliphatic carbocycles. The number of nitrogens with zero attached hydrogens (tertiary/aromatic N) is 3. The van der Waals surface area contributed by atoms with Gasteiger partial charge in [0.25, 0.3) is 0 Å². The van der Waals surface area contributed by atoms with Crippen LogP contribution in [0.3, 0.4) is 0 Å². The fraction of sp³-hybridized carbons (Fsp3) is 0.750. The summed E-state index contributed by atoms with van der Waals surface area (Å²) in [6.45, 7) is 10.7. The van der Waals surface area contributed by atoms with Crippen LogP contribution in [0.4, 0.5) is 5.82 Å². The molecule has 0 bridgehead atoms. The fourth-order valence-corrected chi connectivity index (χ4v) is 3.13. The van der Waals surface area contributed by atoms with E-state index in [1.54, 1.807) is 10.7 Å². The topological polar surface area (TPSA) is 64.2 Å². The van der Waals surface area contributed by atoms with Crippen LogP contribution in [0.5, 0.6) is 0 Å². The first-order valence-corrected chi connectivity index (χ1v) is 7.85.